The Morgan fingerprint density at radius 2 is 1.82 bits per heavy atom. The van der Waals surface area contributed by atoms with E-state index in [0.717, 1.165) is 23.9 Å². The van der Waals surface area contributed by atoms with Gasteiger partial charge in [-0.25, -0.2) is 4.39 Å². The molecule has 0 radical (unpaired) electrons. The first-order valence-corrected chi connectivity index (χ1v) is 12.5. The molecule has 4 rings (SSSR count). The van der Waals surface area contributed by atoms with E-state index in [0.29, 0.717) is 23.4 Å². The van der Waals surface area contributed by atoms with E-state index in [1.807, 2.05) is 0 Å². The van der Waals surface area contributed by atoms with Gasteiger partial charge in [0.1, 0.15) is 5.82 Å². The van der Waals surface area contributed by atoms with Crippen molar-refractivity contribution in [2.75, 3.05) is 11.5 Å². The fourth-order valence-corrected chi connectivity index (χ4v) is 4.95. The number of benzene rings is 3. The number of carbonyl (C=O) groups is 1. The second-order valence-corrected chi connectivity index (χ2v) is 9.88. The lowest BCUT2D eigenvalue weighted by atomic mass is 10.1. The molecule has 1 amide bonds. The van der Waals surface area contributed by atoms with Gasteiger partial charge in [-0.1, -0.05) is 41.6 Å². The quantitative estimate of drug-likeness (QED) is 0.0896. The number of nitrogens with zero attached hydrogens (tertiary/aromatic N) is 2. The Kier molecular flexibility index (Phi) is 8.14. The number of hydrogen-bond acceptors (Lipinski definition) is 7. The minimum Gasteiger partial charge on any atom is -0.490 e. The number of nitro benzene ring substituents is 1. The van der Waals surface area contributed by atoms with E-state index in [1.54, 1.807) is 6.92 Å². The molecule has 0 N–H and O–H groups in total. The van der Waals surface area contributed by atoms with Gasteiger partial charge < -0.3 is 9.47 Å². The fraction of sp³-hybridized carbons (Fsp3) is 0.120. The predicted octanol–water partition coefficient (Wildman–Crippen LogP) is 8.00. The van der Waals surface area contributed by atoms with Crippen molar-refractivity contribution in [3.63, 3.8) is 0 Å². The van der Waals surface area contributed by atoms with E-state index in [2.05, 4.69) is 0 Å². The first-order valence-electron chi connectivity index (χ1n) is 10.9. The van der Waals surface area contributed by atoms with Gasteiger partial charge in [-0.05, 0) is 61.0 Å². The summed E-state index contributed by atoms with van der Waals surface area (Å²) in [6.07, 6.45) is -3.25. The van der Waals surface area contributed by atoms with E-state index >= 15 is 0 Å². The van der Waals surface area contributed by atoms with Gasteiger partial charge in [-0.15, -0.1) is 0 Å². The Morgan fingerprint density at radius 1 is 1.10 bits per heavy atom. The number of thioether (sulfide) groups is 1. The van der Waals surface area contributed by atoms with Crippen molar-refractivity contribution in [1.82, 2.24) is 0 Å². The van der Waals surface area contributed by atoms with Gasteiger partial charge in [0.2, 0.25) is 5.75 Å². The third-order valence-corrected chi connectivity index (χ3v) is 6.82. The summed E-state index contributed by atoms with van der Waals surface area (Å²) < 4.78 is 64.0. The van der Waals surface area contributed by atoms with Crippen LogP contribution in [0.5, 0.6) is 17.2 Å². The summed E-state index contributed by atoms with van der Waals surface area (Å²) in [6, 6.07) is 10.1. The third kappa shape index (κ3) is 6.15. The monoisotopic (exact) mass is 598 g/mol. The average Bonchev–Trinajstić information content (AvgIpc) is 3.14. The van der Waals surface area contributed by atoms with Gasteiger partial charge in [0.25, 0.3) is 5.91 Å². The number of anilines is 1. The molecule has 1 heterocycles. The van der Waals surface area contributed by atoms with Crippen molar-refractivity contribution < 1.29 is 36.8 Å². The average molecular weight is 599 g/mol. The van der Waals surface area contributed by atoms with Gasteiger partial charge in [0, 0.05) is 6.07 Å². The molecule has 39 heavy (non-hydrogen) atoms. The van der Waals surface area contributed by atoms with E-state index in [4.69, 9.17) is 33.3 Å². The summed E-state index contributed by atoms with van der Waals surface area (Å²) in [5.74, 6) is -1.40. The standard InChI is InChI=1S/C25H15ClF4N2O5S2/c1-2-36-21-9-13(10-22-23(33)31(24(38)39-22)15-5-6-17(27)16(26)12-15)3-7-20(21)37-19-8-4-14(25(28,29)30)11-18(19)32(34)35/h3-12H,2H2,1H3/b22-10+. The van der Waals surface area contributed by atoms with Crippen LogP contribution >= 0.6 is 35.6 Å². The predicted molar refractivity (Wildman–Crippen MR) is 143 cm³/mol. The highest BCUT2D eigenvalue weighted by atomic mass is 35.5. The maximum atomic E-state index is 13.6. The molecule has 14 heteroatoms. The molecule has 202 valence electrons. The summed E-state index contributed by atoms with van der Waals surface area (Å²) in [5, 5.41) is 11.2. The first kappa shape index (κ1) is 28.3. The molecule has 1 fully saturated rings. The van der Waals surface area contributed by atoms with Crippen LogP contribution in [0.3, 0.4) is 0 Å². The molecule has 0 unspecified atom stereocenters. The molecule has 3 aromatic rings. The zero-order valence-corrected chi connectivity index (χ0v) is 22.0. The molecule has 1 aliphatic heterocycles. The smallest absolute Gasteiger partial charge is 0.416 e. The lowest BCUT2D eigenvalue weighted by Crippen LogP contribution is -2.27. The normalized spacial score (nSPS) is 14.7. The largest absolute Gasteiger partial charge is 0.490 e. The lowest BCUT2D eigenvalue weighted by molar-refractivity contribution is -0.385. The molecule has 1 saturated heterocycles. The third-order valence-electron chi connectivity index (χ3n) is 5.22. The molecule has 7 nitrogen and oxygen atoms in total. The summed E-state index contributed by atoms with van der Waals surface area (Å²) in [5.41, 5.74) is -1.29. The number of amides is 1. The van der Waals surface area contributed by atoms with Gasteiger partial charge in [-0.3, -0.25) is 19.8 Å². The number of alkyl halides is 3. The number of carbonyl (C=O) groups excluding carboxylic acids is 1. The molecular formula is C25H15ClF4N2O5S2. The van der Waals surface area contributed by atoms with Crippen LogP contribution in [0.15, 0.2) is 59.5 Å². The van der Waals surface area contributed by atoms with E-state index in [-0.39, 0.29) is 32.4 Å². The summed E-state index contributed by atoms with van der Waals surface area (Å²) in [6.45, 7) is 1.85. The molecule has 3 aromatic carbocycles. The Hall–Kier alpha value is -3.68. The Balaban J connectivity index is 1.64. The van der Waals surface area contributed by atoms with Crippen LogP contribution in [-0.2, 0) is 11.0 Å². The summed E-state index contributed by atoms with van der Waals surface area (Å²) in [7, 11) is 0. The molecule has 0 saturated carbocycles. The maximum Gasteiger partial charge on any atom is 0.416 e. The van der Waals surface area contributed by atoms with Crippen molar-refractivity contribution >= 4 is 63.3 Å². The van der Waals surface area contributed by atoms with Crippen LogP contribution in [0.25, 0.3) is 6.08 Å². The van der Waals surface area contributed by atoms with Crippen LogP contribution in [-0.4, -0.2) is 21.8 Å². The van der Waals surface area contributed by atoms with Crippen LogP contribution in [0, 0.1) is 15.9 Å². The van der Waals surface area contributed by atoms with Crippen molar-refractivity contribution in [1.29, 1.82) is 0 Å². The molecule has 0 aromatic heterocycles. The summed E-state index contributed by atoms with van der Waals surface area (Å²) in [4.78, 5) is 24.9. The Labute approximate surface area is 233 Å². The van der Waals surface area contributed by atoms with Gasteiger partial charge in [-0.2, -0.15) is 13.2 Å². The van der Waals surface area contributed by atoms with Gasteiger partial charge in [0.15, 0.2) is 15.8 Å². The SMILES string of the molecule is CCOc1cc(/C=C2/SC(=S)N(c3ccc(F)c(Cl)c3)C2=O)ccc1Oc1ccc(C(F)(F)F)cc1[N+](=O)[O-]. The number of rotatable bonds is 7. The lowest BCUT2D eigenvalue weighted by Gasteiger charge is -2.15. The fourth-order valence-electron chi connectivity index (χ4n) is 3.47. The molecule has 0 atom stereocenters. The number of ether oxygens (including phenoxy) is 2. The number of thiocarbonyl (C=S) groups is 1. The summed E-state index contributed by atoms with van der Waals surface area (Å²) >= 11 is 12.2. The minimum absolute atomic E-state index is 0.00496. The van der Waals surface area contributed by atoms with Crippen LogP contribution in [0.4, 0.5) is 28.9 Å². The van der Waals surface area contributed by atoms with Crippen LogP contribution in [0.2, 0.25) is 5.02 Å². The molecular weight excluding hydrogens is 584 g/mol. The topological polar surface area (TPSA) is 81.9 Å². The number of halogens is 5. The Bertz CT molecular complexity index is 1530. The highest BCUT2D eigenvalue weighted by molar-refractivity contribution is 8.27. The van der Waals surface area contributed by atoms with Crippen LogP contribution < -0.4 is 14.4 Å². The zero-order valence-electron chi connectivity index (χ0n) is 19.6. The number of nitro groups is 1. The van der Waals surface area contributed by atoms with Crippen LogP contribution in [0.1, 0.15) is 18.1 Å². The highest BCUT2D eigenvalue weighted by Crippen LogP contribution is 2.42. The van der Waals surface area contributed by atoms with E-state index in [9.17, 15) is 32.5 Å². The molecule has 0 aliphatic carbocycles. The van der Waals surface area contributed by atoms with Crippen molar-refractivity contribution in [3.8, 4) is 17.2 Å². The minimum atomic E-state index is -4.77. The molecule has 0 bridgehead atoms. The van der Waals surface area contributed by atoms with Gasteiger partial charge >= 0.3 is 11.9 Å². The van der Waals surface area contributed by atoms with Crippen molar-refractivity contribution in [3.05, 3.63) is 91.6 Å². The van der Waals surface area contributed by atoms with E-state index in [1.165, 1.54) is 41.3 Å². The zero-order chi connectivity index (χ0) is 28.5. The number of hydrogen-bond donors (Lipinski definition) is 0. The van der Waals surface area contributed by atoms with Crippen molar-refractivity contribution in [2.24, 2.45) is 0 Å². The molecule has 0 spiro atoms. The van der Waals surface area contributed by atoms with E-state index < -0.39 is 39.8 Å². The maximum absolute atomic E-state index is 13.6. The second-order valence-electron chi connectivity index (χ2n) is 7.79. The molecule has 1 aliphatic rings. The second kappa shape index (κ2) is 11.2. The highest BCUT2D eigenvalue weighted by Gasteiger charge is 2.35. The Morgan fingerprint density at radius 3 is 2.46 bits per heavy atom. The van der Waals surface area contributed by atoms with Crippen molar-refractivity contribution in [2.45, 2.75) is 13.1 Å². The first-order chi connectivity index (χ1) is 18.4. The van der Waals surface area contributed by atoms with Gasteiger partial charge in [0.05, 0.1) is 32.7 Å².